The van der Waals surface area contributed by atoms with Gasteiger partial charge in [0, 0.05) is 18.3 Å². The van der Waals surface area contributed by atoms with Crippen LogP contribution < -0.4 is 5.32 Å². The summed E-state index contributed by atoms with van der Waals surface area (Å²) in [6.45, 7) is 8.34. The van der Waals surface area contributed by atoms with Crippen molar-refractivity contribution >= 4 is 5.69 Å². The van der Waals surface area contributed by atoms with E-state index in [-0.39, 0.29) is 0 Å². The van der Waals surface area contributed by atoms with E-state index < -0.39 is 0 Å². The molecule has 1 N–H and O–H groups in total. The first kappa shape index (κ1) is 12.0. The van der Waals surface area contributed by atoms with Gasteiger partial charge in [-0.25, -0.2) is 0 Å². The average molecular weight is 244 g/mol. The molecule has 1 unspecified atom stereocenters. The van der Waals surface area contributed by atoms with E-state index in [1.54, 1.807) is 0 Å². The van der Waals surface area contributed by atoms with Crippen LogP contribution in [0.5, 0.6) is 0 Å². The Kier molecular flexibility index (Phi) is 3.29. The maximum Gasteiger partial charge on any atom is 0.0417 e. The minimum absolute atomic E-state index is 0.666. The van der Waals surface area contributed by atoms with Gasteiger partial charge in [0.1, 0.15) is 0 Å². The number of rotatable bonds is 3. The fourth-order valence-electron chi connectivity index (χ4n) is 3.54. The molecule has 0 spiro atoms. The summed E-state index contributed by atoms with van der Waals surface area (Å²) in [6, 6.07) is 7.33. The lowest BCUT2D eigenvalue weighted by atomic mass is 9.83. The van der Waals surface area contributed by atoms with Crippen molar-refractivity contribution in [1.29, 1.82) is 0 Å². The molecule has 3 saturated heterocycles. The molecular weight excluding hydrogens is 220 g/mol. The normalized spacial score (nSPS) is 30.4. The van der Waals surface area contributed by atoms with E-state index >= 15 is 0 Å². The molecule has 3 aliphatic rings. The Labute approximate surface area is 110 Å². The molecule has 2 heteroatoms. The van der Waals surface area contributed by atoms with Gasteiger partial charge in [-0.05, 0) is 56.3 Å². The number of hydrogen-bond donors (Lipinski definition) is 1. The molecule has 4 rings (SSSR count). The molecule has 98 valence electrons. The van der Waals surface area contributed by atoms with E-state index in [0.29, 0.717) is 6.04 Å². The number of fused-ring (bicyclic) bond motifs is 3. The zero-order valence-electron chi connectivity index (χ0n) is 11.6. The second kappa shape index (κ2) is 4.93. The van der Waals surface area contributed by atoms with Crippen LogP contribution in [0.3, 0.4) is 0 Å². The summed E-state index contributed by atoms with van der Waals surface area (Å²) in [5.74, 6) is 0.888. The standard InChI is InChI=1S/C16H24N2/c1-3-13-6-4-5-12(2)16(13)17-15-11-18-9-7-14(15)8-10-18/h4-6,14-15,17H,3,7-11H2,1-2H3. The van der Waals surface area contributed by atoms with E-state index in [1.807, 2.05) is 0 Å². The maximum atomic E-state index is 3.86. The van der Waals surface area contributed by atoms with Crippen molar-refractivity contribution in [1.82, 2.24) is 4.90 Å². The van der Waals surface area contributed by atoms with Gasteiger partial charge in [-0.15, -0.1) is 0 Å². The number of nitrogens with zero attached hydrogens (tertiary/aromatic N) is 1. The maximum absolute atomic E-state index is 3.86. The first-order valence-electron chi connectivity index (χ1n) is 7.35. The highest BCUT2D eigenvalue weighted by molar-refractivity contribution is 5.58. The van der Waals surface area contributed by atoms with Crippen LogP contribution in [-0.4, -0.2) is 30.6 Å². The lowest BCUT2D eigenvalue weighted by molar-refractivity contribution is 0.0975. The molecule has 1 atom stereocenters. The molecular formula is C16H24N2. The molecule has 0 radical (unpaired) electrons. The van der Waals surface area contributed by atoms with Crippen LogP contribution in [0.2, 0.25) is 0 Å². The van der Waals surface area contributed by atoms with Crippen molar-refractivity contribution in [2.45, 2.75) is 39.2 Å². The van der Waals surface area contributed by atoms with Crippen LogP contribution in [0.4, 0.5) is 5.69 Å². The van der Waals surface area contributed by atoms with Crippen LogP contribution in [0.25, 0.3) is 0 Å². The Hall–Kier alpha value is -1.02. The number of nitrogens with one attached hydrogen (secondary N) is 1. The predicted octanol–water partition coefficient (Wildman–Crippen LogP) is 3.06. The largest absolute Gasteiger partial charge is 0.380 e. The van der Waals surface area contributed by atoms with Gasteiger partial charge in [0.15, 0.2) is 0 Å². The summed E-state index contributed by atoms with van der Waals surface area (Å²) in [6.07, 6.45) is 3.88. The van der Waals surface area contributed by atoms with Gasteiger partial charge in [-0.1, -0.05) is 25.1 Å². The van der Waals surface area contributed by atoms with Gasteiger partial charge in [0.25, 0.3) is 0 Å². The number of aryl methyl sites for hydroxylation is 2. The first-order valence-corrected chi connectivity index (χ1v) is 7.35. The number of para-hydroxylation sites is 1. The highest BCUT2D eigenvalue weighted by Crippen LogP contribution is 2.31. The third-order valence-electron chi connectivity index (χ3n) is 4.73. The summed E-state index contributed by atoms with van der Waals surface area (Å²) in [7, 11) is 0. The quantitative estimate of drug-likeness (QED) is 0.879. The van der Waals surface area contributed by atoms with E-state index in [0.717, 1.165) is 12.3 Å². The van der Waals surface area contributed by atoms with E-state index in [1.165, 1.54) is 49.3 Å². The number of benzene rings is 1. The van der Waals surface area contributed by atoms with Gasteiger partial charge in [-0.3, -0.25) is 0 Å². The molecule has 3 fully saturated rings. The third-order valence-corrected chi connectivity index (χ3v) is 4.73. The average Bonchev–Trinajstić information content (AvgIpc) is 2.42. The smallest absolute Gasteiger partial charge is 0.0417 e. The van der Waals surface area contributed by atoms with E-state index in [4.69, 9.17) is 0 Å². The lowest BCUT2D eigenvalue weighted by Crippen LogP contribution is -2.53. The number of anilines is 1. The fraction of sp³-hybridized carbons (Fsp3) is 0.625. The molecule has 0 amide bonds. The molecule has 3 heterocycles. The molecule has 18 heavy (non-hydrogen) atoms. The second-order valence-corrected chi connectivity index (χ2v) is 5.85. The van der Waals surface area contributed by atoms with Crippen molar-refractivity contribution in [3.8, 4) is 0 Å². The van der Waals surface area contributed by atoms with Crippen molar-refractivity contribution in [2.24, 2.45) is 5.92 Å². The van der Waals surface area contributed by atoms with Crippen molar-refractivity contribution < 1.29 is 0 Å². The van der Waals surface area contributed by atoms with Gasteiger partial charge in [-0.2, -0.15) is 0 Å². The monoisotopic (exact) mass is 244 g/mol. The Morgan fingerprint density at radius 3 is 2.67 bits per heavy atom. The minimum Gasteiger partial charge on any atom is -0.380 e. The molecule has 0 aromatic heterocycles. The summed E-state index contributed by atoms with van der Waals surface area (Å²) in [5.41, 5.74) is 4.26. The molecule has 2 bridgehead atoms. The Bertz CT molecular complexity index is 419. The molecule has 0 aliphatic carbocycles. The minimum atomic E-state index is 0.666. The highest BCUT2D eigenvalue weighted by atomic mass is 15.2. The first-order chi connectivity index (χ1) is 8.78. The van der Waals surface area contributed by atoms with E-state index in [2.05, 4.69) is 42.3 Å². The van der Waals surface area contributed by atoms with Crippen LogP contribution in [0.15, 0.2) is 18.2 Å². The zero-order valence-corrected chi connectivity index (χ0v) is 11.6. The van der Waals surface area contributed by atoms with Gasteiger partial charge >= 0.3 is 0 Å². The number of hydrogen-bond acceptors (Lipinski definition) is 2. The van der Waals surface area contributed by atoms with Crippen molar-refractivity contribution in [3.63, 3.8) is 0 Å². The van der Waals surface area contributed by atoms with Crippen LogP contribution in [0.1, 0.15) is 30.9 Å². The van der Waals surface area contributed by atoms with Crippen LogP contribution in [0, 0.1) is 12.8 Å². The Balaban J connectivity index is 1.80. The SMILES string of the molecule is CCc1cccc(C)c1NC1CN2CCC1CC2. The second-order valence-electron chi connectivity index (χ2n) is 5.85. The summed E-state index contributed by atoms with van der Waals surface area (Å²) >= 11 is 0. The van der Waals surface area contributed by atoms with Gasteiger partial charge in [0.2, 0.25) is 0 Å². The molecule has 3 aliphatic heterocycles. The molecule has 1 aromatic rings. The predicted molar refractivity (Wildman–Crippen MR) is 77.1 cm³/mol. The number of piperidine rings is 3. The topological polar surface area (TPSA) is 15.3 Å². The van der Waals surface area contributed by atoms with Crippen molar-refractivity contribution in [2.75, 3.05) is 25.0 Å². The zero-order chi connectivity index (χ0) is 12.5. The summed E-state index contributed by atoms with van der Waals surface area (Å²) < 4.78 is 0. The Morgan fingerprint density at radius 2 is 2.06 bits per heavy atom. The summed E-state index contributed by atoms with van der Waals surface area (Å²) in [4.78, 5) is 2.61. The summed E-state index contributed by atoms with van der Waals surface area (Å²) in [5, 5.41) is 3.86. The molecule has 2 nitrogen and oxygen atoms in total. The molecule has 0 saturated carbocycles. The lowest BCUT2D eigenvalue weighted by Gasteiger charge is -2.45. The molecule has 1 aromatic carbocycles. The van der Waals surface area contributed by atoms with Crippen LogP contribution >= 0.6 is 0 Å². The Morgan fingerprint density at radius 1 is 1.28 bits per heavy atom. The fourth-order valence-corrected chi connectivity index (χ4v) is 3.54. The van der Waals surface area contributed by atoms with E-state index in [9.17, 15) is 0 Å². The van der Waals surface area contributed by atoms with Gasteiger partial charge < -0.3 is 10.2 Å². The van der Waals surface area contributed by atoms with Crippen LogP contribution in [-0.2, 0) is 6.42 Å². The highest BCUT2D eigenvalue weighted by Gasteiger charge is 2.34. The third kappa shape index (κ3) is 2.14. The van der Waals surface area contributed by atoms with Gasteiger partial charge in [0.05, 0.1) is 0 Å². The van der Waals surface area contributed by atoms with Crippen molar-refractivity contribution in [3.05, 3.63) is 29.3 Å².